The molecule has 9 heteroatoms. The lowest BCUT2D eigenvalue weighted by atomic mass is 10.1. The molecule has 21 heavy (non-hydrogen) atoms. The fourth-order valence-corrected chi connectivity index (χ4v) is 3.34. The summed E-state index contributed by atoms with van der Waals surface area (Å²) in [5.41, 5.74) is 0.966. The van der Waals surface area contributed by atoms with Gasteiger partial charge < -0.3 is 4.90 Å². The van der Waals surface area contributed by atoms with Crippen LogP contribution in [0.25, 0.3) is 0 Å². The highest BCUT2D eigenvalue weighted by Gasteiger charge is 2.38. The Bertz CT molecular complexity index is 704. The number of anilines is 1. The second kappa shape index (κ2) is 5.61. The Morgan fingerprint density at radius 1 is 1.48 bits per heavy atom. The molecule has 0 N–H and O–H groups in total. The molecular formula is C12H13ClN2O5S. The largest absolute Gasteiger partial charge is 0.310 e. The van der Waals surface area contributed by atoms with Gasteiger partial charge in [0.2, 0.25) is 15.0 Å². The first-order valence-corrected chi connectivity index (χ1v) is 8.62. The number of carbonyl (C=O) groups is 1. The number of amides is 1. The molecular weight excluding hydrogens is 320 g/mol. The van der Waals surface area contributed by atoms with E-state index in [1.54, 1.807) is 6.07 Å². The third-order valence-electron chi connectivity index (χ3n) is 3.44. The molecule has 2 rings (SSSR count). The summed E-state index contributed by atoms with van der Waals surface area (Å²) in [5.74, 6) is -0.403. The first-order valence-electron chi connectivity index (χ1n) is 6.25. The first-order chi connectivity index (χ1) is 9.74. The fourth-order valence-electron chi connectivity index (χ4n) is 2.31. The Labute approximate surface area is 126 Å². The average Bonchev–Trinajstić information content (AvgIpc) is 2.79. The number of nitro benzene ring substituents is 1. The second-order valence-electron chi connectivity index (χ2n) is 4.73. The lowest BCUT2D eigenvalue weighted by molar-refractivity contribution is -0.384. The molecule has 1 aliphatic heterocycles. The van der Waals surface area contributed by atoms with E-state index in [2.05, 4.69) is 0 Å². The molecule has 0 spiro atoms. The van der Waals surface area contributed by atoms with Gasteiger partial charge in [-0.15, -0.1) is 0 Å². The Hall–Kier alpha value is -1.67. The van der Waals surface area contributed by atoms with Gasteiger partial charge in [0.15, 0.2) is 0 Å². The van der Waals surface area contributed by atoms with Crippen LogP contribution in [0.15, 0.2) is 18.2 Å². The van der Waals surface area contributed by atoms with Gasteiger partial charge in [0.25, 0.3) is 5.69 Å². The molecule has 1 amide bonds. The lowest BCUT2D eigenvalue weighted by Crippen LogP contribution is -2.27. The number of halogens is 1. The van der Waals surface area contributed by atoms with Crippen molar-refractivity contribution in [1.82, 2.24) is 0 Å². The van der Waals surface area contributed by atoms with Crippen LogP contribution in [-0.2, 0) is 20.3 Å². The maximum atomic E-state index is 12.0. The fraction of sp³-hybridized carbons (Fsp3) is 0.417. The van der Waals surface area contributed by atoms with Gasteiger partial charge in [0.05, 0.1) is 10.6 Å². The normalized spacial score (nSPS) is 19.0. The number of hydrogen-bond acceptors (Lipinski definition) is 5. The third-order valence-corrected chi connectivity index (χ3v) is 5.31. The van der Waals surface area contributed by atoms with Crippen molar-refractivity contribution in [2.24, 2.45) is 0 Å². The summed E-state index contributed by atoms with van der Waals surface area (Å²) in [5, 5.41) is 9.87. The molecule has 1 aliphatic rings. The highest BCUT2D eigenvalue weighted by molar-refractivity contribution is 8.14. The summed E-state index contributed by atoms with van der Waals surface area (Å²) >= 11 is 0. The molecule has 1 unspecified atom stereocenters. The van der Waals surface area contributed by atoms with Crippen molar-refractivity contribution in [1.29, 1.82) is 0 Å². The van der Waals surface area contributed by atoms with E-state index >= 15 is 0 Å². The van der Waals surface area contributed by atoms with E-state index in [0.717, 1.165) is 5.56 Å². The first kappa shape index (κ1) is 15.7. The van der Waals surface area contributed by atoms with E-state index < -0.39 is 25.1 Å². The number of rotatable bonds is 4. The van der Waals surface area contributed by atoms with Crippen molar-refractivity contribution in [2.75, 3.05) is 11.4 Å². The molecule has 0 aliphatic carbocycles. The lowest BCUT2D eigenvalue weighted by Gasteiger charge is -2.19. The molecule has 0 saturated carbocycles. The summed E-state index contributed by atoms with van der Waals surface area (Å²) in [6, 6.07) is 4.22. The van der Waals surface area contributed by atoms with Gasteiger partial charge in [-0.25, -0.2) is 8.42 Å². The summed E-state index contributed by atoms with van der Waals surface area (Å²) in [6.07, 6.45) is 0.354. The van der Waals surface area contributed by atoms with E-state index in [1.807, 2.05) is 6.92 Å². The summed E-state index contributed by atoms with van der Waals surface area (Å²) < 4.78 is 22.7. The van der Waals surface area contributed by atoms with Crippen molar-refractivity contribution in [3.8, 4) is 0 Å². The molecule has 1 aromatic carbocycles. The molecule has 0 radical (unpaired) electrons. The molecule has 1 atom stereocenters. The Balaban J connectivity index is 2.43. The van der Waals surface area contributed by atoms with Crippen LogP contribution in [0.2, 0.25) is 0 Å². The van der Waals surface area contributed by atoms with E-state index in [1.165, 1.54) is 17.0 Å². The quantitative estimate of drug-likeness (QED) is 0.476. The number of nitrogens with zero attached hydrogens (tertiary/aromatic N) is 2. The van der Waals surface area contributed by atoms with Crippen LogP contribution in [-0.4, -0.2) is 31.0 Å². The van der Waals surface area contributed by atoms with Gasteiger partial charge in [-0.3, -0.25) is 14.9 Å². The van der Waals surface area contributed by atoms with Crippen LogP contribution in [0, 0.1) is 10.1 Å². The molecule has 1 saturated heterocycles. The maximum Gasteiger partial charge on any atom is 0.271 e. The number of benzene rings is 1. The Kier molecular flexibility index (Phi) is 4.20. The van der Waals surface area contributed by atoms with Crippen LogP contribution < -0.4 is 4.90 Å². The predicted octanol–water partition coefficient (Wildman–Crippen LogP) is 1.83. The zero-order chi connectivity index (χ0) is 15.8. The number of hydrogen-bond donors (Lipinski definition) is 0. The maximum absolute atomic E-state index is 12.0. The molecule has 7 nitrogen and oxygen atoms in total. The minimum atomic E-state index is -3.85. The summed E-state index contributed by atoms with van der Waals surface area (Å²) in [6.45, 7) is 1.76. The number of aryl methyl sites for hydroxylation is 1. The van der Waals surface area contributed by atoms with Crippen molar-refractivity contribution in [3.05, 3.63) is 33.9 Å². The molecule has 1 heterocycles. The minimum Gasteiger partial charge on any atom is -0.310 e. The number of nitro groups is 1. The van der Waals surface area contributed by atoms with Gasteiger partial charge in [0, 0.05) is 35.8 Å². The Morgan fingerprint density at radius 3 is 2.62 bits per heavy atom. The minimum absolute atomic E-state index is 0.0845. The third kappa shape index (κ3) is 3.16. The van der Waals surface area contributed by atoms with Crippen LogP contribution in [0.5, 0.6) is 0 Å². The predicted molar refractivity (Wildman–Crippen MR) is 78.0 cm³/mol. The molecule has 0 bridgehead atoms. The highest BCUT2D eigenvalue weighted by atomic mass is 35.7. The van der Waals surface area contributed by atoms with Gasteiger partial charge in [-0.2, -0.15) is 0 Å². The molecule has 114 valence electrons. The smallest absolute Gasteiger partial charge is 0.271 e. The van der Waals surface area contributed by atoms with Crippen LogP contribution in [0.3, 0.4) is 0 Å². The van der Waals surface area contributed by atoms with E-state index in [0.29, 0.717) is 12.1 Å². The van der Waals surface area contributed by atoms with E-state index in [-0.39, 0.29) is 18.7 Å². The van der Waals surface area contributed by atoms with E-state index in [9.17, 15) is 23.3 Å². The van der Waals surface area contributed by atoms with Gasteiger partial charge in [-0.1, -0.05) is 13.0 Å². The molecule has 1 fully saturated rings. The molecule has 1 aromatic rings. The van der Waals surface area contributed by atoms with Crippen LogP contribution in [0.4, 0.5) is 11.4 Å². The van der Waals surface area contributed by atoms with Gasteiger partial charge in [0.1, 0.15) is 5.25 Å². The average molecular weight is 333 g/mol. The topological polar surface area (TPSA) is 97.6 Å². The van der Waals surface area contributed by atoms with Crippen LogP contribution in [0.1, 0.15) is 18.9 Å². The second-order valence-corrected chi connectivity index (χ2v) is 7.64. The number of non-ortho nitro benzene ring substituents is 1. The summed E-state index contributed by atoms with van der Waals surface area (Å²) in [7, 11) is 1.45. The zero-order valence-electron chi connectivity index (χ0n) is 11.2. The van der Waals surface area contributed by atoms with Gasteiger partial charge >= 0.3 is 0 Å². The van der Waals surface area contributed by atoms with Gasteiger partial charge in [-0.05, 0) is 12.0 Å². The standard InChI is InChI=1S/C12H13ClN2O5S/c1-2-8-3-4-9(15(17)18)5-11(8)14-7-10(6-12(14)16)21(13,19)20/h3-5,10H,2,6-7H2,1H3. The SMILES string of the molecule is CCc1ccc([N+](=O)[O-])cc1N1CC(S(=O)(=O)Cl)CC1=O. The van der Waals surface area contributed by atoms with Crippen molar-refractivity contribution in [3.63, 3.8) is 0 Å². The van der Waals surface area contributed by atoms with Crippen LogP contribution >= 0.6 is 10.7 Å². The highest BCUT2D eigenvalue weighted by Crippen LogP contribution is 2.32. The number of carbonyl (C=O) groups excluding carboxylic acids is 1. The van der Waals surface area contributed by atoms with Crippen molar-refractivity contribution >= 4 is 37.0 Å². The van der Waals surface area contributed by atoms with Crippen molar-refractivity contribution in [2.45, 2.75) is 25.0 Å². The molecule has 0 aromatic heterocycles. The van der Waals surface area contributed by atoms with E-state index in [4.69, 9.17) is 10.7 Å². The van der Waals surface area contributed by atoms with Crippen molar-refractivity contribution < 1.29 is 18.1 Å². The summed E-state index contributed by atoms with van der Waals surface area (Å²) in [4.78, 5) is 23.6. The zero-order valence-corrected chi connectivity index (χ0v) is 12.7. The monoisotopic (exact) mass is 332 g/mol. The Morgan fingerprint density at radius 2 is 2.14 bits per heavy atom.